The largest absolute Gasteiger partial charge is 0.494 e. The zero-order chi connectivity index (χ0) is 19.4. The maximum Gasteiger partial charge on any atom is 0.449 e. The van der Waals surface area contributed by atoms with Crippen molar-refractivity contribution >= 4 is 16.9 Å². The summed E-state index contributed by atoms with van der Waals surface area (Å²) >= 11 is 0. The molecule has 2 aromatic carbocycles. The molecule has 0 aliphatic carbocycles. The van der Waals surface area contributed by atoms with Crippen LogP contribution >= 0.6 is 0 Å². The van der Waals surface area contributed by atoms with Gasteiger partial charge in [-0.3, -0.25) is 4.79 Å². The number of halogens is 3. The normalized spacial score (nSPS) is 11.6. The van der Waals surface area contributed by atoms with Gasteiger partial charge < -0.3 is 14.6 Å². The summed E-state index contributed by atoms with van der Waals surface area (Å²) in [6.07, 6.45) is -4.57. The van der Waals surface area contributed by atoms with E-state index in [4.69, 9.17) is 4.74 Å². The van der Waals surface area contributed by atoms with E-state index in [-0.39, 0.29) is 24.5 Å². The molecule has 0 unspecified atom stereocenters. The van der Waals surface area contributed by atoms with E-state index in [0.29, 0.717) is 23.4 Å². The van der Waals surface area contributed by atoms with Gasteiger partial charge >= 0.3 is 6.18 Å². The van der Waals surface area contributed by atoms with E-state index < -0.39 is 12.0 Å². The quantitative estimate of drug-likeness (QED) is 0.709. The Hall–Kier alpha value is -3.03. The molecular formula is C19H18F3N3O2. The van der Waals surface area contributed by atoms with Crippen molar-refractivity contribution in [3.8, 4) is 5.75 Å². The third-order valence-electron chi connectivity index (χ3n) is 3.96. The number of alkyl halides is 3. The summed E-state index contributed by atoms with van der Waals surface area (Å²) in [4.78, 5) is 15.9. The van der Waals surface area contributed by atoms with Crippen LogP contribution in [-0.4, -0.2) is 28.6 Å². The number of nitrogens with zero attached hydrogens (tertiary/aromatic N) is 2. The number of carbonyl (C=O) groups excluding carboxylic acids is 1. The second kappa shape index (κ2) is 7.69. The summed E-state index contributed by atoms with van der Waals surface area (Å²) < 4.78 is 46.2. The first-order valence-electron chi connectivity index (χ1n) is 8.43. The number of amides is 1. The van der Waals surface area contributed by atoms with Crippen molar-refractivity contribution < 1.29 is 22.7 Å². The van der Waals surface area contributed by atoms with E-state index in [0.717, 1.165) is 4.57 Å². The zero-order valence-electron chi connectivity index (χ0n) is 14.6. The number of aromatic nitrogens is 2. The molecule has 0 fully saturated rings. The van der Waals surface area contributed by atoms with Crippen molar-refractivity contribution in [3.05, 3.63) is 59.9 Å². The zero-order valence-corrected chi connectivity index (χ0v) is 14.6. The molecule has 27 heavy (non-hydrogen) atoms. The van der Waals surface area contributed by atoms with Gasteiger partial charge in [0, 0.05) is 18.7 Å². The molecule has 0 saturated carbocycles. The summed E-state index contributed by atoms with van der Waals surface area (Å²) in [5.74, 6) is -0.691. The van der Waals surface area contributed by atoms with Crippen molar-refractivity contribution in [2.45, 2.75) is 19.6 Å². The van der Waals surface area contributed by atoms with Gasteiger partial charge in [-0.15, -0.1) is 0 Å². The Bertz CT molecular complexity index is 934. The molecule has 5 nitrogen and oxygen atoms in total. The van der Waals surface area contributed by atoms with Gasteiger partial charge in [-0.1, -0.05) is 12.1 Å². The first kappa shape index (κ1) is 18.8. The fourth-order valence-corrected chi connectivity index (χ4v) is 2.77. The second-order valence-corrected chi connectivity index (χ2v) is 5.79. The minimum Gasteiger partial charge on any atom is -0.494 e. The molecule has 1 heterocycles. The Labute approximate surface area is 153 Å². The van der Waals surface area contributed by atoms with E-state index in [9.17, 15) is 18.0 Å². The van der Waals surface area contributed by atoms with Crippen LogP contribution in [0.1, 0.15) is 23.1 Å². The van der Waals surface area contributed by atoms with E-state index in [1.54, 1.807) is 42.5 Å². The van der Waals surface area contributed by atoms with Crippen molar-refractivity contribution in [3.63, 3.8) is 0 Å². The molecule has 3 aromatic rings. The molecule has 0 saturated heterocycles. The predicted octanol–water partition coefficient (Wildman–Crippen LogP) is 3.88. The highest BCUT2D eigenvalue weighted by atomic mass is 19.4. The standard InChI is InChI=1S/C19H18F3N3O2/c1-2-27-14-9-7-13(8-10-14)17(26)23-11-12-25-16-6-4-3-5-15(16)24-18(25)19(20,21)22/h3-10H,2,11-12H2,1H3,(H,23,26). The molecule has 1 amide bonds. The van der Waals surface area contributed by atoms with Crippen molar-refractivity contribution in [1.82, 2.24) is 14.9 Å². The van der Waals surface area contributed by atoms with Crippen LogP contribution in [0.15, 0.2) is 48.5 Å². The molecule has 0 atom stereocenters. The Kier molecular flexibility index (Phi) is 5.34. The number of hydrogen-bond donors (Lipinski definition) is 1. The van der Waals surface area contributed by atoms with Gasteiger partial charge in [0.15, 0.2) is 0 Å². The third-order valence-corrected chi connectivity index (χ3v) is 3.96. The lowest BCUT2D eigenvalue weighted by molar-refractivity contribution is -0.146. The Balaban J connectivity index is 1.70. The number of rotatable bonds is 6. The van der Waals surface area contributed by atoms with Crippen LogP contribution in [-0.2, 0) is 12.7 Å². The first-order valence-corrected chi connectivity index (χ1v) is 8.43. The van der Waals surface area contributed by atoms with Crippen LogP contribution in [0.3, 0.4) is 0 Å². The number of fused-ring (bicyclic) bond motifs is 1. The average molecular weight is 377 g/mol. The SMILES string of the molecule is CCOc1ccc(C(=O)NCCn2c(C(F)(F)F)nc3ccccc32)cc1. The van der Waals surface area contributed by atoms with Gasteiger partial charge in [-0.2, -0.15) is 13.2 Å². The van der Waals surface area contributed by atoms with E-state index in [2.05, 4.69) is 10.3 Å². The minimum atomic E-state index is -4.57. The Morgan fingerprint density at radius 3 is 2.52 bits per heavy atom. The number of carbonyl (C=O) groups is 1. The Morgan fingerprint density at radius 2 is 1.85 bits per heavy atom. The molecule has 3 rings (SSSR count). The molecular weight excluding hydrogens is 359 g/mol. The second-order valence-electron chi connectivity index (χ2n) is 5.79. The summed E-state index contributed by atoms with van der Waals surface area (Å²) in [6.45, 7) is 2.37. The van der Waals surface area contributed by atoms with Gasteiger partial charge in [-0.25, -0.2) is 4.98 Å². The van der Waals surface area contributed by atoms with E-state index in [1.807, 2.05) is 6.92 Å². The number of ether oxygens (including phenoxy) is 1. The predicted molar refractivity (Wildman–Crippen MR) is 94.7 cm³/mol. The monoisotopic (exact) mass is 377 g/mol. The number of hydrogen-bond acceptors (Lipinski definition) is 3. The fourth-order valence-electron chi connectivity index (χ4n) is 2.77. The minimum absolute atomic E-state index is 0.0372. The first-order chi connectivity index (χ1) is 12.9. The molecule has 1 N–H and O–H groups in total. The molecule has 0 aliphatic rings. The lowest BCUT2D eigenvalue weighted by atomic mass is 10.2. The lowest BCUT2D eigenvalue weighted by Gasteiger charge is -2.12. The highest BCUT2D eigenvalue weighted by Gasteiger charge is 2.37. The summed E-state index contributed by atoms with van der Waals surface area (Å²) in [7, 11) is 0. The van der Waals surface area contributed by atoms with E-state index >= 15 is 0 Å². The van der Waals surface area contributed by atoms with Crippen LogP contribution in [0.25, 0.3) is 11.0 Å². The highest BCUT2D eigenvalue weighted by Crippen LogP contribution is 2.31. The lowest BCUT2D eigenvalue weighted by Crippen LogP contribution is -2.28. The van der Waals surface area contributed by atoms with E-state index in [1.165, 1.54) is 6.07 Å². The maximum atomic E-state index is 13.3. The van der Waals surface area contributed by atoms with Gasteiger partial charge in [0.25, 0.3) is 5.91 Å². The van der Waals surface area contributed by atoms with Crippen molar-refractivity contribution in [1.29, 1.82) is 0 Å². The number of imidazole rings is 1. The van der Waals surface area contributed by atoms with Crippen LogP contribution in [0.2, 0.25) is 0 Å². The van der Waals surface area contributed by atoms with Gasteiger partial charge in [0.2, 0.25) is 5.82 Å². The van der Waals surface area contributed by atoms with Gasteiger partial charge in [0.05, 0.1) is 17.6 Å². The number of benzene rings is 2. The molecule has 0 spiro atoms. The van der Waals surface area contributed by atoms with Crippen LogP contribution in [0, 0.1) is 0 Å². The fraction of sp³-hybridized carbons (Fsp3) is 0.263. The molecule has 0 bridgehead atoms. The molecule has 8 heteroatoms. The summed E-state index contributed by atoms with van der Waals surface area (Å²) in [6, 6.07) is 12.9. The van der Waals surface area contributed by atoms with Crippen LogP contribution < -0.4 is 10.1 Å². The summed E-state index contributed by atoms with van der Waals surface area (Å²) in [5.41, 5.74) is 1.05. The molecule has 1 aromatic heterocycles. The highest BCUT2D eigenvalue weighted by molar-refractivity contribution is 5.94. The third kappa shape index (κ3) is 4.21. The maximum absolute atomic E-state index is 13.3. The van der Waals surface area contributed by atoms with Crippen LogP contribution in [0.4, 0.5) is 13.2 Å². The van der Waals surface area contributed by atoms with Gasteiger partial charge in [-0.05, 0) is 43.3 Å². The molecule has 142 valence electrons. The topological polar surface area (TPSA) is 56.1 Å². The Morgan fingerprint density at radius 1 is 1.15 bits per heavy atom. The smallest absolute Gasteiger partial charge is 0.449 e. The number of nitrogens with one attached hydrogen (secondary N) is 1. The van der Waals surface area contributed by atoms with Gasteiger partial charge in [0.1, 0.15) is 5.75 Å². The van der Waals surface area contributed by atoms with Crippen molar-refractivity contribution in [2.24, 2.45) is 0 Å². The number of para-hydroxylation sites is 2. The summed E-state index contributed by atoms with van der Waals surface area (Å²) in [5, 5.41) is 2.64. The molecule has 0 radical (unpaired) electrons. The molecule has 0 aliphatic heterocycles. The average Bonchev–Trinajstić information content (AvgIpc) is 3.02. The van der Waals surface area contributed by atoms with Crippen molar-refractivity contribution in [2.75, 3.05) is 13.2 Å². The van der Waals surface area contributed by atoms with Crippen LogP contribution in [0.5, 0.6) is 5.75 Å².